The third-order valence-corrected chi connectivity index (χ3v) is 4.77. The maximum Gasteiger partial charge on any atom is 0.325 e. The number of carbonyl (C=O) groups excluding carboxylic acids is 2. The molecule has 0 aliphatic carbocycles. The predicted molar refractivity (Wildman–Crippen MR) is 95.1 cm³/mol. The van der Waals surface area contributed by atoms with E-state index in [0.717, 1.165) is 12.0 Å². The fourth-order valence-electron chi connectivity index (χ4n) is 3.10. The third-order valence-electron chi connectivity index (χ3n) is 4.77. The molecular formula is C18H24N6O2. The van der Waals surface area contributed by atoms with Crippen molar-refractivity contribution in [2.24, 2.45) is 0 Å². The summed E-state index contributed by atoms with van der Waals surface area (Å²) in [5, 5.41) is 14.3. The first-order valence-corrected chi connectivity index (χ1v) is 8.86. The van der Waals surface area contributed by atoms with E-state index in [1.165, 1.54) is 10.5 Å². The molecule has 138 valence electrons. The molecule has 0 unspecified atom stereocenters. The molecule has 2 aromatic rings. The lowest BCUT2D eigenvalue weighted by Gasteiger charge is -2.22. The van der Waals surface area contributed by atoms with E-state index in [2.05, 4.69) is 34.7 Å². The molecule has 26 heavy (non-hydrogen) atoms. The van der Waals surface area contributed by atoms with Crippen LogP contribution < -0.4 is 5.32 Å². The Balaban J connectivity index is 1.84. The Bertz CT molecular complexity index is 813. The van der Waals surface area contributed by atoms with Crippen LogP contribution in [0.1, 0.15) is 57.0 Å². The van der Waals surface area contributed by atoms with Crippen LogP contribution in [0.15, 0.2) is 24.3 Å². The number of imide groups is 1. The van der Waals surface area contributed by atoms with Crippen molar-refractivity contribution < 1.29 is 9.59 Å². The Labute approximate surface area is 152 Å². The molecule has 1 N–H and O–H groups in total. The summed E-state index contributed by atoms with van der Waals surface area (Å²) in [4.78, 5) is 26.7. The van der Waals surface area contributed by atoms with Gasteiger partial charge in [-0.3, -0.25) is 9.69 Å². The standard InChI is InChI=1S/C18H24N6O2/c1-5-10-24-15(20-21-22-24)11-23-16(25)18(4,19-17(23)26)14-8-6-13(7-9-14)12(2)3/h6-9,12H,5,10-11H2,1-4H3,(H,19,26)/t18-/m0/s1. The van der Waals surface area contributed by atoms with Crippen molar-refractivity contribution in [2.45, 2.75) is 58.7 Å². The molecule has 8 heteroatoms. The second-order valence-corrected chi connectivity index (χ2v) is 7.04. The number of urea groups is 1. The van der Waals surface area contributed by atoms with Gasteiger partial charge in [0.1, 0.15) is 5.54 Å². The Hall–Kier alpha value is -2.77. The van der Waals surface area contributed by atoms with Gasteiger partial charge in [-0.05, 0) is 40.8 Å². The summed E-state index contributed by atoms with van der Waals surface area (Å²) in [5.41, 5.74) is 0.857. The Morgan fingerprint density at radius 2 is 1.88 bits per heavy atom. The van der Waals surface area contributed by atoms with E-state index in [4.69, 9.17) is 0 Å². The first-order valence-electron chi connectivity index (χ1n) is 8.86. The highest BCUT2D eigenvalue weighted by atomic mass is 16.2. The molecule has 0 bridgehead atoms. The highest BCUT2D eigenvalue weighted by molar-refractivity contribution is 6.07. The molecule has 1 aliphatic heterocycles. The first kappa shape index (κ1) is 18.0. The highest BCUT2D eigenvalue weighted by Gasteiger charge is 2.49. The molecule has 1 aromatic heterocycles. The Morgan fingerprint density at radius 3 is 2.50 bits per heavy atom. The molecule has 2 heterocycles. The van der Waals surface area contributed by atoms with Gasteiger partial charge in [0.25, 0.3) is 5.91 Å². The van der Waals surface area contributed by atoms with Crippen LogP contribution in [0, 0.1) is 0 Å². The molecule has 1 atom stereocenters. The van der Waals surface area contributed by atoms with E-state index < -0.39 is 11.6 Å². The summed E-state index contributed by atoms with van der Waals surface area (Å²) in [7, 11) is 0. The van der Waals surface area contributed by atoms with Crippen molar-refractivity contribution >= 4 is 11.9 Å². The van der Waals surface area contributed by atoms with Crippen molar-refractivity contribution in [2.75, 3.05) is 0 Å². The number of amides is 3. The molecule has 3 amide bonds. The van der Waals surface area contributed by atoms with Crippen LogP contribution in [0.25, 0.3) is 0 Å². The van der Waals surface area contributed by atoms with Crippen LogP contribution in [0.3, 0.4) is 0 Å². The summed E-state index contributed by atoms with van der Waals surface area (Å²) in [6.07, 6.45) is 0.859. The number of carbonyl (C=O) groups is 2. The van der Waals surface area contributed by atoms with Crippen LogP contribution in [-0.2, 0) is 23.4 Å². The largest absolute Gasteiger partial charge is 0.325 e. The molecule has 0 radical (unpaired) electrons. The number of benzene rings is 1. The second kappa shape index (κ2) is 6.86. The van der Waals surface area contributed by atoms with Gasteiger partial charge in [-0.2, -0.15) is 0 Å². The maximum absolute atomic E-state index is 13.0. The summed E-state index contributed by atoms with van der Waals surface area (Å²) >= 11 is 0. The van der Waals surface area contributed by atoms with E-state index in [-0.39, 0.29) is 12.5 Å². The smallest absolute Gasteiger partial charge is 0.319 e. The van der Waals surface area contributed by atoms with Crippen LogP contribution in [0.4, 0.5) is 4.79 Å². The first-order chi connectivity index (χ1) is 12.4. The Morgan fingerprint density at radius 1 is 1.19 bits per heavy atom. The minimum Gasteiger partial charge on any atom is -0.319 e. The van der Waals surface area contributed by atoms with Crippen LogP contribution >= 0.6 is 0 Å². The second-order valence-electron chi connectivity index (χ2n) is 7.04. The quantitative estimate of drug-likeness (QED) is 0.801. The van der Waals surface area contributed by atoms with Crippen LogP contribution in [-0.4, -0.2) is 37.0 Å². The maximum atomic E-state index is 13.0. The van der Waals surface area contributed by atoms with E-state index >= 15 is 0 Å². The topological polar surface area (TPSA) is 93.0 Å². The molecular weight excluding hydrogens is 332 g/mol. The van der Waals surface area contributed by atoms with Gasteiger partial charge < -0.3 is 5.32 Å². The number of hydrogen-bond donors (Lipinski definition) is 1. The molecule has 0 saturated carbocycles. The highest BCUT2D eigenvalue weighted by Crippen LogP contribution is 2.30. The molecule has 8 nitrogen and oxygen atoms in total. The van der Waals surface area contributed by atoms with Crippen molar-refractivity contribution in [3.8, 4) is 0 Å². The summed E-state index contributed by atoms with van der Waals surface area (Å²) in [6, 6.07) is 7.36. The fourth-order valence-corrected chi connectivity index (χ4v) is 3.10. The number of aryl methyl sites for hydroxylation is 1. The summed E-state index contributed by atoms with van der Waals surface area (Å²) in [6.45, 7) is 8.66. The lowest BCUT2D eigenvalue weighted by molar-refractivity contribution is -0.131. The molecule has 1 aromatic carbocycles. The van der Waals surface area contributed by atoms with E-state index in [0.29, 0.717) is 18.3 Å². The average Bonchev–Trinajstić information content (AvgIpc) is 3.14. The zero-order valence-electron chi connectivity index (χ0n) is 15.6. The van der Waals surface area contributed by atoms with Gasteiger partial charge in [0.05, 0.1) is 6.54 Å². The number of rotatable bonds is 6. The zero-order valence-corrected chi connectivity index (χ0v) is 15.6. The van der Waals surface area contributed by atoms with E-state index in [1.54, 1.807) is 11.6 Å². The van der Waals surface area contributed by atoms with Gasteiger partial charge in [-0.1, -0.05) is 45.0 Å². The van der Waals surface area contributed by atoms with E-state index in [9.17, 15) is 9.59 Å². The molecule has 1 saturated heterocycles. The number of nitrogens with zero attached hydrogens (tertiary/aromatic N) is 5. The SMILES string of the molecule is CCCn1nnnc1CN1C(=O)N[C@@](C)(c2ccc(C(C)C)cc2)C1=O. The minimum atomic E-state index is -1.09. The van der Waals surface area contributed by atoms with E-state index in [1.807, 2.05) is 31.2 Å². The fraction of sp³-hybridized carbons (Fsp3) is 0.500. The predicted octanol–water partition coefficient (Wildman–Crippen LogP) is 2.17. The minimum absolute atomic E-state index is 0.0529. The van der Waals surface area contributed by atoms with Gasteiger partial charge in [-0.15, -0.1) is 5.10 Å². The lowest BCUT2D eigenvalue weighted by Crippen LogP contribution is -2.40. The lowest BCUT2D eigenvalue weighted by atomic mass is 9.90. The van der Waals surface area contributed by atoms with Crippen LogP contribution in [0.5, 0.6) is 0 Å². The zero-order chi connectivity index (χ0) is 18.9. The molecule has 3 rings (SSSR count). The molecule has 0 spiro atoms. The molecule has 1 aliphatic rings. The average molecular weight is 356 g/mol. The molecule has 1 fully saturated rings. The van der Waals surface area contributed by atoms with Gasteiger partial charge in [0.15, 0.2) is 5.82 Å². The monoisotopic (exact) mass is 356 g/mol. The third kappa shape index (κ3) is 3.07. The Kier molecular flexibility index (Phi) is 4.76. The van der Waals surface area contributed by atoms with Crippen molar-refractivity contribution in [3.05, 3.63) is 41.2 Å². The number of tetrazole rings is 1. The number of aromatic nitrogens is 4. The van der Waals surface area contributed by atoms with Gasteiger partial charge in [0.2, 0.25) is 0 Å². The number of hydrogen-bond acceptors (Lipinski definition) is 5. The van der Waals surface area contributed by atoms with Gasteiger partial charge in [-0.25, -0.2) is 9.48 Å². The number of nitrogens with one attached hydrogen (secondary N) is 1. The van der Waals surface area contributed by atoms with Crippen molar-refractivity contribution in [1.82, 2.24) is 30.4 Å². The summed E-state index contributed by atoms with van der Waals surface area (Å²) in [5.74, 6) is 0.597. The van der Waals surface area contributed by atoms with Crippen molar-refractivity contribution in [1.29, 1.82) is 0 Å². The van der Waals surface area contributed by atoms with Gasteiger partial charge >= 0.3 is 6.03 Å². The summed E-state index contributed by atoms with van der Waals surface area (Å²) < 4.78 is 1.62. The van der Waals surface area contributed by atoms with Crippen LogP contribution in [0.2, 0.25) is 0 Å². The normalized spacial score (nSPS) is 20.1. The van der Waals surface area contributed by atoms with Crippen molar-refractivity contribution in [3.63, 3.8) is 0 Å². The van der Waals surface area contributed by atoms with Gasteiger partial charge in [0, 0.05) is 6.54 Å².